The van der Waals surface area contributed by atoms with Gasteiger partial charge in [-0.3, -0.25) is 0 Å². The van der Waals surface area contributed by atoms with Crippen LogP contribution in [0.1, 0.15) is 11.1 Å². The lowest BCUT2D eigenvalue weighted by Gasteiger charge is -2.11. The minimum absolute atomic E-state index is 0.182. The largest absolute Gasteiger partial charge is 0.419 e. The number of halogens is 5. The van der Waals surface area contributed by atoms with Crippen LogP contribution in [-0.4, -0.2) is 7.05 Å². The standard InChI is InChI=1S/C15H12F5N/c1-21-8-11-6-9(2-4-13(11)16)10-3-5-14(17)12(7-10)15(18,19)20/h2-7,21H,8H2,1H3. The normalized spacial score (nSPS) is 11.7. The Kier molecular flexibility index (Phi) is 4.27. The molecule has 0 aliphatic rings. The van der Waals surface area contributed by atoms with E-state index in [0.717, 1.165) is 12.1 Å². The average Bonchev–Trinajstić information content (AvgIpc) is 2.41. The maximum absolute atomic E-state index is 13.5. The van der Waals surface area contributed by atoms with Gasteiger partial charge in [0.25, 0.3) is 0 Å². The minimum atomic E-state index is -4.77. The fourth-order valence-electron chi connectivity index (χ4n) is 2.00. The molecule has 2 rings (SSSR count). The predicted octanol–water partition coefficient (Wildman–Crippen LogP) is 4.37. The van der Waals surface area contributed by atoms with Gasteiger partial charge in [0.2, 0.25) is 0 Å². The van der Waals surface area contributed by atoms with Gasteiger partial charge in [-0.15, -0.1) is 0 Å². The third kappa shape index (κ3) is 3.39. The van der Waals surface area contributed by atoms with Crippen LogP contribution in [0.3, 0.4) is 0 Å². The zero-order valence-electron chi connectivity index (χ0n) is 11.1. The summed E-state index contributed by atoms with van der Waals surface area (Å²) in [5, 5.41) is 2.77. The summed E-state index contributed by atoms with van der Waals surface area (Å²) in [7, 11) is 1.63. The second-order valence-corrected chi connectivity index (χ2v) is 4.53. The van der Waals surface area contributed by atoms with Crippen LogP contribution < -0.4 is 5.32 Å². The first-order chi connectivity index (χ1) is 9.82. The molecule has 1 nitrogen and oxygen atoms in total. The van der Waals surface area contributed by atoms with Crippen LogP contribution in [0, 0.1) is 11.6 Å². The lowest BCUT2D eigenvalue weighted by molar-refractivity contribution is -0.139. The molecule has 2 aromatic carbocycles. The molecule has 0 aliphatic heterocycles. The summed E-state index contributed by atoms with van der Waals surface area (Å²) in [6, 6.07) is 6.71. The first-order valence-corrected chi connectivity index (χ1v) is 6.13. The Morgan fingerprint density at radius 3 is 2.05 bits per heavy atom. The molecule has 2 aromatic rings. The maximum atomic E-state index is 13.5. The first-order valence-electron chi connectivity index (χ1n) is 6.13. The van der Waals surface area contributed by atoms with Crippen molar-refractivity contribution in [3.05, 3.63) is 59.2 Å². The smallest absolute Gasteiger partial charge is 0.316 e. The molecule has 0 aliphatic carbocycles. The molecule has 112 valence electrons. The third-order valence-electron chi connectivity index (χ3n) is 3.02. The van der Waals surface area contributed by atoms with E-state index in [0.29, 0.717) is 11.1 Å². The maximum Gasteiger partial charge on any atom is 0.419 e. The second-order valence-electron chi connectivity index (χ2n) is 4.53. The summed E-state index contributed by atoms with van der Waals surface area (Å²) in [6.07, 6.45) is -4.77. The number of rotatable bonds is 3. The molecular formula is C15H12F5N. The second kappa shape index (κ2) is 5.81. The molecule has 0 aromatic heterocycles. The van der Waals surface area contributed by atoms with Crippen molar-refractivity contribution in [2.75, 3.05) is 7.05 Å². The SMILES string of the molecule is CNCc1cc(-c2ccc(F)c(C(F)(F)F)c2)ccc1F. The summed E-state index contributed by atoms with van der Waals surface area (Å²) < 4.78 is 64.9. The van der Waals surface area contributed by atoms with Crippen LogP contribution in [0.25, 0.3) is 11.1 Å². The van der Waals surface area contributed by atoms with Gasteiger partial charge in [-0.05, 0) is 42.4 Å². The monoisotopic (exact) mass is 301 g/mol. The Hall–Kier alpha value is -1.95. The van der Waals surface area contributed by atoms with Crippen molar-refractivity contribution in [2.45, 2.75) is 12.7 Å². The highest BCUT2D eigenvalue weighted by Crippen LogP contribution is 2.34. The van der Waals surface area contributed by atoms with Gasteiger partial charge < -0.3 is 5.32 Å². The molecule has 0 fully saturated rings. The molecular weight excluding hydrogens is 289 g/mol. The average molecular weight is 301 g/mol. The van der Waals surface area contributed by atoms with Crippen molar-refractivity contribution in [2.24, 2.45) is 0 Å². The van der Waals surface area contributed by atoms with Crippen LogP contribution in [-0.2, 0) is 12.7 Å². The lowest BCUT2D eigenvalue weighted by atomic mass is 10.00. The van der Waals surface area contributed by atoms with E-state index in [1.54, 1.807) is 7.05 Å². The Balaban J connectivity index is 2.50. The van der Waals surface area contributed by atoms with Crippen LogP contribution in [0.2, 0.25) is 0 Å². The zero-order chi connectivity index (χ0) is 15.6. The Bertz CT molecular complexity index is 649. The topological polar surface area (TPSA) is 12.0 Å². The summed E-state index contributed by atoms with van der Waals surface area (Å²) in [5.74, 6) is -1.78. The molecule has 0 bridgehead atoms. The van der Waals surface area contributed by atoms with Crippen molar-refractivity contribution < 1.29 is 22.0 Å². The van der Waals surface area contributed by atoms with E-state index in [4.69, 9.17) is 0 Å². The van der Waals surface area contributed by atoms with Crippen LogP contribution in [0.5, 0.6) is 0 Å². The van der Waals surface area contributed by atoms with Crippen molar-refractivity contribution >= 4 is 0 Å². The minimum Gasteiger partial charge on any atom is -0.316 e. The fourth-order valence-corrected chi connectivity index (χ4v) is 2.00. The predicted molar refractivity (Wildman–Crippen MR) is 69.6 cm³/mol. The van der Waals surface area contributed by atoms with Gasteiger partial charge in [0, 0.05) is 12.1 Å². The molecule has 21 heavy (non-hydrogen) atoms. The van der Waals surface area contributed by atoms with E-state index in [9.17, 15) is 22.0 Å². The van der Waals surface area contributed by atoms with E-state index in [1.165, 1.54) is 24.3 Å². The Labute approximate surface area is 118 Å². The quantitative estimate of drug-likeness (QED) is 0.830. The molecule has 0 atom stereocenters. The third-order valence-corrected chi connectivity index (χ3v) is 3.02. The van der Waals surface area contributed by atoms with E-state index in [2.05, 4.69) is 5.32 Å². The number of alkyl halides is 3. The van der Waals surface area contributed by atoms with Crippen molar-refractivity contribution in [1.29, 1.82) is 0 Å². The lowest BCUT2D eigenvalue weighted by Crippen LogP contribution is -2.08. The summed E-state index contributed by atoms with van der Waals surface area (Å²) >= 11 is 0. The van der Waals surface area contributed by atoms with Gasteiger partial charge in [0.05, 0.1) is 5.56 Å². The van der Waals surface area contributed by atoms with Crippen LogP contribution >= 0.6 is 0 Å². The van der Waals surface area contributed by atoms with Crippen molar-refractivity contribution in [1.82, 2.24) is 5.32 Å². The van der Waals surface area contributed by atoms with E-state index < -0.39 is 23.4 Å². The van der Waals surface area contributed by atoms with Crippen LogP contribution in [0.4, 0.5) is 22.0 Å². The van der Waals surface area contributed by atoms with Gasteiger partial charge in [-0.1, -0.05) is 12.1 Å². The summed E-state index contributed by atoms with van der Waals surface area (Å²) in [5.41, 5.74) is -0.430. The number of nitrogens with one attached hydrogen (secondary N) is 1. The zero-order valence-corrected chi connectivity index (χ0v) is 11.1. The Morgan fingerprint density at radius 1 is 0.905 bits per heavy atom. The highest BCUT2D eigenvalue weighted by Gasteiger charge is 2.34. The highest BCUT2D eigenvalue weighted by molar-refractivity contribution is 5.65. The fraction of sp³-hybridized carbons (Fsp3) is 0.200. The van der Waals surface area contributed by atoms with E-state index in [-0.39, 0.29) is 12.1 Å². The molecule has 0 spiro atoms. The summed E-state index contributed by atoms with van der Waals surface area (Å²) in [4.78, 5) is 0. The molecule has 0 saturated heterocycles. The van der Waals surface area contributed by atoms with Gasteiger partial charge in [0.15, 0.2) is 0 Å². The number of hydrogen-bond donors (Lipinski definition) is 1. The van der Waals surface area contributed by atoms with Crippen LogP contribution in [0.15, 0.2) is 36.4 Å². The molecule has 1 N–H and O–H groups in total. The molecule has 0 saturated carbocycles. The van der Waals surface area contributed by atoms with Gasteiger partial charge in [-0.25, -0.2) is 8.78 Å². The highest BCUT2D eigenvalue weighted by atomic mass is 19.4. The first kappa shape index (κ1) is 15.4. The van der Waals surface area contributed by atoms with E-state index in [1.807, 2.05) is 0 Å². The Morgan fingerprint density at radius 2 is 1.48 bits per heavy atom. The summed E-state index contributed by atoms with van der Waals surface area (Å²) in [6.45, 7) is 0.243. The number of hydrogen-bond acceptors (Lipinski definition) is 1. The molecule has 0 unspecified atom stereocenters. The number of benzene rings is 2. The van der Waals surface area contributed by atoms with Crippen molar-refractivity contribution in [3.63, 3.8) is 0 Å². The van der Waals surface area contributed by atoms with E-state index >= 15 is 0 Å². The van der Waals surface area contributed by atoms with Crippen molar-refractivity contribution in [3.8, 4) is 11.1 Å². The van der Waals surface area contributed by atoms with Gasteiger partial charge in [0.1, 0.15) is 11.6 Å². The molecule has 0 amide bonds. The molecule has 0 radical (unpaired) electrons. The molecule has 0 heterocycles. The van der Waals surface area contributed by atoms with Gasteiger partial charge in [-0.2, -0.15) is 13.2 Å². The molecule has 6 heteroatoms. The van der Waals surface area contributed by atoms with Gasteiger partial charge >= 0.3 is 6.18 Å².